The Morgan fingerprint density at radius 3 is 2.69 bits per heavy atom. The molecular weight excluding hydrogens is 336 g/mol. The minimum atomic E-state index is -3.41. The summed E-state index contributed by atoms with van der Waals surface area (Å²) in [6.45, 7) is 0.133. The van der Waals surface area contributed by atoms with E-state index in [4.69, 9.17) is 22.4 Å². The Bertz CT molecular complexity index is 839. The lowest BCUT2D eigenvalue weighted by Crippen LogP contribution is -2.16. The van der Waals surface area contributed by atoms with Crippen molar-refractivity contribution in [2.45, 2.75) is 51.4 Å². The zero-order valence-corrected chi connectivity index (χ0v) is 15.0. The van der Waals surface area contributed by atoms with E-state index >= 15 is 0 Å². The topological polar surface area (TPSA) is 82.1 Å². The average molecular weight is 370 g/mol. The van der Waals surface area contributed by atoms with E-state index < -0.39 is 43.0 Å². The Morgan fingerprint density at radius 1 is 1.35 bits per heavy atom. The number of esters is 1. The lowest BCUT2D eigenvalue weighted by Gasteiger charge is -2.16. The fourth-order valence-corrected chi connectivity index (χ4v) is 2.12. The molecule has 0 saturated heterocycles. The normalized spacial score (nSPS) is 17.2. The molecule has 6 heteroatoms. The van der Waals surface area contributed by atoms with Crippen LogP contribution in [0.4, 0.5) is 0 Å². The van der Waals surface area contributed by atoms with Crippen molar-refractivity contribution in [3.05, 3.63) is 30.4 Å². The number of allylic oxidation sites excluding steroid dienone is 1. The lowest BCUT2D eigenvalue weighted by molar-refractivity contribution is -0.119. The molecule has 0 amide bonds. The highest BCUT2D eigenvalue weighted by Crippen LogP contribution is 2.34. The number of Topliss-reactive ketones (excluding diaryl/α,β-unsaturated/α-hetero) is 1. The summed E-state index contributed by atoms with van der Waals surface area (Å²) in [7, 11) is 2.49. The zero-order chi connectivity index (χ0) is 24.7. The maximum absolute atomic E-state index is 12.8. The Labute approximate surface area is 163 Å². The van der Waals surface area contributed by atoms with E-state index in [-0.39, 0.29) is 30.1 Å². The van der Waals surface area contributed by atoms with Gasteiger partial charge in [0.05, 0.1) is 21.7 Å². The molecule has 1 rings (SSSR count). The molecular formula is C20H28O6. The number of hydrogen-bond acceptors (Lipinski definition) is 6. The lowest BCUT2D eigenvalue weighted by atomic mass is 10.1. The van der Waals surface area contributed by atoms with Gasteiger partial charge in [-0.15, -0.1) is 6.58 Å². The number of rotatable bonds is 12. The first-order valence-electron chi connectivity index (χ1n) is 11.0. The van der Waals surface area contributed by atoms with Crippen LogP contribution in [0.2, 0.25) is 0 Å². The number of hydrogen-bond donors (Lipinski definition) is 1. The first-order valence-corrected chi connectivity index (χ1v) is 8.05. The standard InChI is InChI=1S/C20H28O6/c1-5-6-7-10-15(21)11-8-9-14(2)26-20(23)19-17(22)12-16(24-3)13-18(19)25-4/h5,12-14,22H,1,6-11H2,2-4H3/i2D3,9D2,14D. The van der Waals surface area contributed by atoms with Gasteiger partial charge in [0.1, 0.15) is 28.6 Å². The molecule has 0 heterocycles. The Hall–Kier alpha value is -2.50. The molecule has 1 N–H and O–H groups in total. The van der Waals surface area contributed by atoms with Gasteiger partial charge in [0.2, 0.25) is 0 Å². The van der Waals surface area contributed by atoms with Crippen LogP contribution in [-0.2, 0) is 9.53 Å². The summed E-state index contributed by atoms with van der Waals surface area (Å²) < 4.78 is 62.4. The van der Waals surface area contributed by atoms with Gasteiger partial charge in [0, 0.05) is 31.8 Å². The van der Waals surface area contributed by atoms with Crippen molar-refractivity contribution >= 4 is 11.8 Å². The fraction of sp³-hybridized carbons (Fsp3) is 0.500. The molecule has 1 aromatic carbocycles. The highest BCUT2D eigenvalue weighted by atomic mass is 16.5. The maximum atomic E-state index is 12.8. The van der Waals surface area contributed by atoms with E-state index in [1.54, 1.807) is 6.08 Å². The summed E-state index contributed by atoms with van der Waals surface area (Å²) in [5.41, 5.74) is -0.592. The van der Waals surface area contributed by atoms with Gasteiger partial charge >= 0.3 is 5.97 Å². The van der Waals surface area contributed by atoms with Crippen LogP contribution in [-0.4, -0.2) is 37.2 Å². The first kappa shape index (κ1) is 13.7. The molecule has 1 atom stereocenters. The monoisotopic (exact) mass is 370 g/mol. The molecule has 0 aliphatic rings. The molecule has 26 heavy (non-hydrogen) atoms. The third-order valence-electron chi connectivity index (χ3n) is 3.46. The van der Waals surface area contributed by atoms with Gasteiger partial charge in [-0.3, -0.25) is 4.79 Å². The fourth-order valence-electron chi connectivity index (χ4n) is 2.12. The summed E-state index contributed by atoms with van der Waals surface area (Å²) in [5.74, 6) is -2.55. The smallest absolute Gasteiger partial charge is 0.346 e. The predicted octanol–water partition coefficient (Wildman–Crippen LogP) is 4.05. The van der Waals surface area contributed by atoms with Crippen LogP contribution in [0.3, 0.4) is 0 Å². The van der Waals surface area contributed by atoms with E-state index in [9.17, 15) is 14.7 Å². The molecule has 1 unspecified atom stereocenters. The summed E-state index contributed by atoms with van der Waals surface area (Å²) in [4.78, 5) is 24.8. The molecule has 0 spiro atoms. The predicted molar refractivity (Wildman–Crippen MR) is 99.0 cm³/mol. The summed E-state index contributed by atoms with van der Waals surface area (Å²) >= 11 is 0. The molecule has 0 radical (unpaired) electrons. The summed E-state index contributed by atoms with van der Waals surface area (Å²) in [6, 6.07) is 2.28. The van der Waals surface area contributed by atoms with Crippen LogP contribution in [0, 0.1) is 0 Å². The molecule has 0 saturated carbocycles. The van der Waals surface area contributed by atoms with Crippen molar-refractivity contribution in [3.8, 4) is 17.2 Å². The largest absolute Gasteiger partial charge is 0.507 e. The highest BCUT2D eigenvalue weighted by Gasteiger charge is 2.22. The number of carbonyl (C=O) groups excluding carboxylic acids is 2. The molecule has 144 valence electrons. The van der Waals surface area contributed by atoms with Crippen molar-refractivity contribution in [2.75, 3.05) is 14.2 Å². The van der Waals surface area contributed by atoms with E-state index in [0.717, 1.165) is 6.07 Å². The first-order chi connectivity index (χ1) is 14.7. The number of benzene rings is 1. The number of ketones is 1. The van der Waals surface area contributed by atoms with Crippen LogP contribution >= 0.6 is 0 Å². The third kappa shape index (κ3) is 6.78. The second-order valence-electron chi connectivity index (χ2n) is 5.34. The average Bonchev–Trinajstić information content (AvgIpc) is 2.70. The van der Waals surface area contributed by atoms with Crippen LogP contribution in [0.5, 0.6) is 17.2 Å². The molecule has 0 bridgehead atoms. The Morgan fingerprint density at radius 2 is 2.08 bits per heavy atom. The van der Waals surface area contributed by atoms with Crippen molar-refractivity contribution in [2.24, 2.45) is 0 Å². The number of methoxy groups -OCH3 is 2. The van der Waals surface area contributed by atoms with Gasteiger partial charge in [0.25, 0.3) is 0 Å². The van der Waals surface area contributed by atoms with Crippen molar-refractivity contribution in [3.63, 3.8) is 0 Å². The summed E-state index contributed by atoms with van der Waals surface area (Å²) in [6.07, 6.45) is -4.37. The van der Waals surface area contributed by atoms with Crippen molar-refractivity contribution < 1.29 is 37.1 Å². The van der Waals surface area contributed by atoms with Crippen molar-refractivity contribution in [1.82, 2.24) is 0 Å². The maximum Gasteiger partial charge on any atom is 0.346 e. The van der Waals surface area contributed by atoms with E-state index in [1.165, 1.54) is 20.3 Å². The second kappa shape index (κ2) is 11.2. The van der Waals surface area contributed by atoms with Crippen LogP contribution < -0.4 is 9.47 Å². The van der Waals surface area contributed by atoms with Crippen LogP contribution in [0.25, 0.3) is 0 Å². The van der Waals surface area contributed by atoms with Gasteiger partial charge in [0.15, 0.2) is 0 Å². The Balaban J connectivity index is 3.21. The quantitative estimate of drug-likeness (QED) is 0.339. The van der Waals surface area contributed by atoms with Gasteiger partial charge < -0.3 is 19.3 Å². The highest BCUT2D eigenvalue weighted by molar-refractivity contribution is 5.96. The molecule has 0 aliphatic carbocycles. The van der Waals surface area contributed by atoms with Gasteiger partial charge in [-0.1, -0.05) is 6.08 Å². The number of phenolic OH excluding ortho intramolecular Hbond substituents is 1. The number of carbonyl (C=O) groups is 2. The third-order valence-corrected chi connectivity index (χ3v) is 3.46. The van der Waals surface area contributed by atoms with Crippen LogP contribution in [0.15, 0.2) is 24.8 Å². The minimum absolute atomic E-state index is 0.133. The summed E-state index contributed by atoms with van der Waals surface area (Å²) in [5, 5.41) is 10.2. The van der Waals surface area contributed by atoms with E-state index in [1.807, 2.05) is 0 Å². The molecule has 0 fully saturated rings. The van der Waals surface area contributed by atoms with Crippen LogP contribution in [0.1, 0.15) is 63.9 Å². The Kier molecular flexibility index (Phi) is 5.88. The minimum Gasteiger partial charge on any atom is -0.507 e. The zero-order valence-electron chi connectivity index (χ0n) is 21.0. The molecule has 0 aliphatic heterocycles. The van der Waals surface area contributed by atoms with Gasteiger partial charge in [-0.25, -0.2) is 4.79 Å². The molecule has 6 nitrogen and oxygen atoms in total. The second-order valence-corrected chi connectivity index (χ2v) is 5.34. The van der Waals surface area contributed by atoms with E-state index in [0.29, 0.717) is 12.8 Å². The number of aromatic hydroxyl groups is 1. The van der Waals surface area contributed by atoms with Crippen molar-refractivity contribution in [1.29, 1.82) is 0 Å². The van der Waals surface area contributed by atoms with Gasteiger partial charge in [-0.2, -0.15) is 0 Å². The number of unbranched alkanes of at least 4 members (excludes halogenated alkanes) is 1. The number of ether oxygens (including phenoxy) is 3. The molecule has 0 aromatic heterocycles. The molecule has 1 aromatic rings. The number of phenols is 1. The van der Waals surface area contributed by atoms with Gasteiger partial charge in [-0.05, 0) is 32.5 Å². The SMILES string of the molecule is [2H]C([2H])([2H])C([2H])(OC(=O)c1c(O)cc(OC)cc1OC)C([2H])([2H])CCC(=O)CCCC=C. The van der Waals surface area contributed by atoms with E-state index in [2.05, 4.69) is 6.58 Å².